The van der Waals surface area contributed by atoms with Gasteiger partial charge in [-0.1, -0.05) is 13.8 Å². The van der Waals surface area contributed by atoms with Gasteiger partial charge < -0.3 is 10.2 Å². The Hall–Kier alpha value is -2.25. The van der Waals surface area contributed by atoms with Crippen molar-refractivity contribution in [2.24, 2.45) is 11.8 Å². The van der Waals surface area contributed by atoms with E-state index < -0.39 is 0 Å². The third kappa shape index (κ3) is 2.93. The molecule has 1 saturated heterocycles. The van der Waals surface area contributed by atoms with Crippen LogP contribution < -0.4 is 10.2 Å². The fourth-order valence-electron chi connectivity index (χ4n) is 2.85. The first-order chi connectivity index (χ1) is 10.2. The molecule has 0 aromatic carbocycles. The van der Waals surface area contributed by atoms with E-state index in [9.17, 15) is 0 Å². The topological polar surface area (TPSA) is 84.7 Å². The maximum Gasteiger partial charge on any atom is 0.258 e. The minimum absolute atomic E-state index is 0.479. The van der Waals surface area contributed by atoms with Crippen LogP contribution in [0.4, 0.5) is 11.9 Å². The van der Waals surface area contributed by atoms with Gasteiger partial charge in [0.25, 0.3) is 5.95 Å². The van der Waals surface area contributed by atoms with Crippen LogP contribution >= 0.6 is 0 Å². The predicted molar refractivity (Wildman–Crippen MR) is 79.4 cm³/mol. The zero-order valence-electron chi connectivity index (χ0n) is 12.6. The fourth-order valence-corrected chi connectivity index (χ4v) is 2.85. The summed E-state index contributed by atoms with van der Waals surface area (Å²) in [6, 6.07) is 0. The van der Waals surface area contributed by atoms with Crippen LogP contribution in [0.15, 0.2) is 12.7 Å². The van der Waals surface area contributed by atoms with Crippen molar-refractivity contribution in [2.45, 2.75) is 20.3 Å². The molecule has 1 fully saturated rings. The van der Waals surface area contributed by atoms with E-state index in [4.69, 9.17) is 0 Å². The SMILES string of the molecule is CNc1nc(N2CC(C)CC(C)C2)nc(-n2cncn2)n1. The summed E-state index contributed by atoms with van der Waals surface area (Å²) in [5.74, 6) is 2.99. The number of nitrogens with one attached hydrogen (secondary N) is 1. The molecule has 0 aliphatic carbocycles. The van der Waals surface area contributed by atoms with Crippen molar-refractivity contribution in [1.29, 1.82) is 0 Å². The zero-order valence-corrected chi connectivity index (χ0v) is 12.6. The van der Waals surface area contributed by atoms with Crippen molar-refractivity contribution in [3.05, 3.63) is 12.7 Å². The molecule has 2 aromatic heterocycles. The van der Waals surface area contributed by atoms with Crippen molar-refractivity contribution in [2.75, 3.05) is 30.4 Å². The lowest BCUT2D eigenvalue weighted by molar-refractivity contribution is 0.353. The van der Waals surface area contributed by atoms with Gasteiger partial charge in [0.05, 0.1) is 0 Å². The zero-order chi connectivity index (χ0) is 14.8. The van der Waals surface area contributed by atoms with Gasteiger partial charge in [0, 0.05) is 20.1 Å². The van der Waals surface area contributed by atoms with Gasteiger partial charge in [-0.3, -0.25) is 0 Å². The average molecular weight is 288 g/mol. The number of piperidine rings is 1. The molecule has 0 radical (unpaired) electrons. The Bertz CT molecular complexity index is 586. The Balaban J connectivity index is 1.96. The van der Waals surface area contributed by atoms with Crippen LogP contribution in [0.1, 0.15) is 20.3 Å². The Morgan fingerprint density at radius 3 is 2.43 bits per heavy atom. The van der Waals surface area contributed by atoms with E-state index in [0.29, 0.717) is 29.7 Å². The normalized spacial score (nSPS) is 22.3. The molecule has 3 rings (SSSR count). The minimum Gasteiger partial charge on any atom is -0.357 e. The Morgan fingerprint density at radius 2 is 1.81 bits per heavy atom. The molecule has 112 valence electrons. The molecule has 1 N–H and O–H groups in total. The van der Waals surface area contributed by atoms with E-state index in [0.717, 1.165) is 13.1 Å². The van der Waals surface area contributed by atoms with Crippen molar-refractivity contribution in [3.63, 3.8) is 0 Å². The first-order valence-corrected chi connectivity index (χ1v) is 7.19. The molecule has 0 bridgehead atoms. The van der Waals surface area contributed by atoms with Crippen molar-refractivity contribution >= 4 is 11.9 Å². The van der Waals surface area contributed by atoms with Crippen LogP contribution in [0.3, 0.4) is 0 Å². The molecular formula is C13H20N8. The molecule has 0 spiro atoms. The van der Waals surface area contributed by atoms with E-state index in [1.54, 1.807) is 18.1 Å². The van der Waals surface area contributed by atoms with Crippen LogP contribution in [-0.2, 0) is 0 Å². The molecular weight excluding hydrogens is 268 g/mol. The summed E-state index contributed by atoms with van der Waals surface area (Å²) in [5.41, 5.74) is 0. The van der Waals surface area contributed by atoms with Gasteiger partial charge in [0.2, 0.25) is 11.9 Å². The quantitative estimate of drug-likeness (QED) is 0.901. The molecule has 0 saturated carbocycles. The number of nitrogens with zero attached hydrogens (tertiary/aromatic N) is 7. The van der Waals surface area contributed by atoms with Gasteiger partial charge in [-0.05, 0) is 18.3 Å². The molecule has 0 amide bonds. The van der Waals surface area contributed by atoms with Gasteiger partial charge >= 0.3 is 0 Å². The maximum absolute atomic E-state index is 4.54. The van der Waals surface area contributed by atoms with E-state index in [1.807, 2.05) is 0 Å². The molecule has 8 nitrogen and oxygen atoms in total. The number of hydrogen-bond acceptors (Lipinski definition) is 7. The maximum atomic E-state index is 4.54. The standard InChI is InChI=1S/C13H20N8/c1-9-4-10(2)6-20(5-9)12-17-11(14-3)18-13(19-12)21-8-15-7-16-21/h7-10H,4-6H2,1-3H3,(H,14,17,18,19). The first-order valence-electron chi connectivity index (χ1n) is 7.19. The van der Waals surface area contributed by atoms with Gasteiger partial charge in [0.1, 0.15) is 12.7 Å². The summed E-state index contributed by atoms with van der Waals surface area (Å²) < 4.78 is 1.54. The van der Waals surface area contributed by atoms with Crippen LogP contribution in [0, 0.1) is 11.8 Å². The smallest absolute Gasteiger partial charge is 0.258 e. The minimum atomic E-state index is 0.479. The lowest BCUT2D eigenvalue weighted by Crippen LogP contribution is -2.40. The third-order valence-corrected chi connectivity index (χ3v) is 3.61. The largest absolute Gasteiger partial charge is 0.357 e. The molecule has 2 atom stereocenters. The molecule has 2 aromatic rings. The summed E-state index contributed by atoms with van der Waals surface area (Å²) >= 11 is 0. The number of anilines is 2. The highest BCUT2D eigenvalue weighted by molar-refractivity contribution is 5.40. The predicted octanol–water partition coefficient (Wildman–Crippen LogP) is 0.976. The van der Waals surface area contributed by atoms with Gasteiger partial charge in [-0.25, -0.2) is 4.98 Å². The summed E-state index contributed by atoms with van der Waals surface area (Å²) in [6.45, 7) is 6.46. The summed E-state index contributed by atoms with van der Waals surface area (Å²) in [6.07, 6.45) is 4.30. The Morgan fingerprint density at radius 1 is 1.10 bits per heavy atom. The van der Waals surface area contributed by atoms with E-state index >= 15 is 0 Å². The van der Waals surface area contributed by atoms with Crippen LogP contribution in [0.5, 0.6) is 0 Å². The van der Waals surface area contributed by atoms with Crippen molar-refractivity contribution < 1.29 is 0 Å². The van der Waals surface area contributed by atoms with Gasteiger partial charge in [-0.2, -0.15) is 24.7 Å². The lowest BCUT2D eigenvalue weighted by atomic mass is 9.92. The molecule has 1 aliphatic rings. The number of rotatable bonds is 3. The van der Waals surface area contributed by atoms with E-state index in [-0.39, 0.29) is 0 Å². The highest BCUT2D eigenvalue weighted by Crippen LogP contribution is 2.24. The van der Waals surface area contributed by atoms with Gasteiger partial charge in [-0.15, -0.1) is 0 Å². The highest BCUT2D eigenvalue weighted by Gasteiger charge is 2.24. The molecule has 2 unspecified atom stereocenters. The highest BCUT2D eigenvalue weighted by atomic mass is 15.4. The molecule has 3 heterocycles. The number of hydrogen-bond donors (Lipinski definition) is 1. The third-order valence-electron chi connectivity index (χ3n) is 3.61. The van der Waals surface area contributed by atoms with E-state index in [2.05, 4.69) is 49.1 Å². The summed E-state index contributed by atoms with van der Waals surface area (Å²) in [7, 11) is 1.80. The van der Waals surface area contributed by atoms with Crippen LogP contribution in [-0.4, -0.2) is 49.9 Å². The van der Waals surface area contributed by atoms with Gasteiger partial charge in [0.15, 0.2) is 0 Å². The second-order valence-electron chi connectivity index (χ2n) is 5.70. The second kappa shape index (κ2) is 5.63. The Kier molecular flexibility index (Phi) is 3.68. The Labute approximate surface area is 123 Å². The molecule has 8 heteroatoms. The first kappa shape index (κ1) is 13.7. The average Bonchev–Trinajstić information content (AvgIpc) is 3.00. The summed E-state index contributed by atoms with van der Waals surface area (Å²) in [4.78, 5) is 19.5. The molecule has 21 heavy (non-hydrogen) atoms. The van der Waals surface area contributed by atoms with Crippen molar-refractivity contribution in [3.8, 4) is 5.95 Å². The monoisotopic (exact) mass is 288 g/mol. The molecule has 1 aliphatic heterocycles. The van der Waals surface area contributed by atoms with Crippen LogP contribution in [0.2, 0.25) is 0 Å². The van der Waals surface area contributed by atoms with E-state index in [1.165, 1.54) is 12.7 Å². The summed E-state index contributed by atoms with van der Waals surface area (Å²) in [5, 5.41) is 7.07. The lowest BCUT2D eigenvalue weighted by Gasteiger charge is -2.35. The second-order valence-corrected chi connectivity index (χ2v) is 5.70. The van der Waals surface area contributed by atoms with Crippen molar-refractivity contribution in [1.82, 2.24) is 29.7 Å². The van der Waals surface area contributed by atoms with Crippen LogP contribution in [0.25, 0.3) is 5.95 Å². The number of aromatic nitrogens is 6. The fraction of sp³-hybridized carbons (Fsp3) is 0.615.